The van der Waals surface area contributed by atoms with Gasteiger partial charge in [0.2, 0.25) is 5.91 Å². The van der Waals surface area contributed by atoms with E-state index in [2.05, 4.69) is 5.32 Å². The third kappa shape index (κ3) is 7.18. The highest BCUT2D eigenvalue weighted by Crippen LogP contribution is 2.37. The summed E-state index contributed by atoms with van der Waals surface area (Å²) in [5.74, 6) is 1.14. The van der Waals surface area contributed by atoms with Crippen LogP contribution in [0.1, 0.15) is 37.6 Å². The third-order valence-electron chi connectivity index (χ3n) is 4.48. The molecule has 0 spiro atoms. The molecule has 0 heterocycles. The Balaban J connectivity index is 2.09. The largest absolute Gasteiger partial charge is 0.493 e. The number of nitrogens with zero attached hydrogens (tertiary/aromatic N) is 1. The van der Waals surface area contributed by atoms with Crippen molar-refractivity contribution >= 4 is 29.1 Å². The number of anilines is 1. The maximum Gasteiger partial charge on any atom is 0.254 e. The first-order valence-electron chi connectivity index (χ1n) is 10.8. The molecule has 0 atom stereocenters. The van der Waals surface area contributed by atoms with Crippen LogP contribution in [0.15, 0.2) is 30.3 Å². The van der Waals surface area contributed by atoms with Gasteiger partial charge in [0.05, 0.1) is 38.5 Å². The van der Waals surface area contributed by atoms with Gasteiger partial charge in [-0.2, -0.15) is 0 Å². The molecule has 0 aliphatic rings. The van der Waals surface area contributed by atoms with Gasteiger partial charge in [-0.3, -0.25) is 9.59 Å². The minimum atomic E-state index is -0.380. The summed E-state index contributed by atoms with van der Waals surface area (Å²) in [4.78, 5) is 26.7. The first-order chi connectivity index (χ1) is 15.8. The second-order valence-electron chi connectivity index (χ2n) is 7.07. The van der Waals surface area contributed by atoms with Crippen LogP contribution < -0.4 is 24.3 Å². The zero-order chi connectivity index (χ0) is 24.4. The Labute approximate surface area is 199 Å². The van der Waals surface area contributed by atoms with E-state index in [-0.39, 0.29) is 28.9 Å². The number of hydrogen-bond acceptors (Lipinski definition) is 6. The Kier molecular flexibility index (Phi) is 10.1. The molecule has 0 aliphatic heterocycles. The molecule has 0 aliphatic carbocycles. The van der Waals surface area contributed by atoms with E-state index in [1.807, 2.05) is 20.8 Å². The van der Waals surface area contributed by atoms with Gasteiger partial charge < -0.3 is 29.2 Å². The molecule has 1 N–H and O–H groups in total. The number of amides is 2. The van der Waals surface area contributed by atoms with E-state index in [0.29, 0.717) is 48.5 Å². The molecule has 2 amide bonds. The number of ether oxygens (including phenoxy) is 4. The number of rotatable bonds is 12. The van der Waals surface area contributed by atoms with Crippen molar-refractivity contribution in [1.29, 1.82) is 0 Å². The fourth-order valence-electron chi connectivity index (χ4n) is 3.02. The number of likely N-dealkylation sites (N-methyl/N-ethyl adjacent to an activating group) is 1. The van der Waals surface area contributed by atoms with Gasteiger partial charge in [0.1, 0.15) is 0 Å². The molecule has 8 nitrogen and oxygen atoms in total. The zero-order valence-electron chi connectivity index (χ0n) is 19.7. The SMILES string of the molecule is CCCOc1c(Cl)cc(C(=O)N(C)CC(=O)Nc2ccc(OCC)c(OCC)c2)cc1OC. The van der Waals surface area contributed by atoms with Gasteiger partial charge in [-0.25, -0.2) is 0 Å². The molecule has 0 unspecified atom stereocenters. The Morgan fingerprint density at radius 1 is 0.970 bits per heavy atom. The summed E-state index contributed by atoms with van der Waals surface area (Å²) in [5.41, 5.74) is 0.825. The quantitative estimate of drug-likeness (QED) is 0.478. The van der Waals surface area contributed by atoms with Crippen LogP contribution in [-0.2, 0) is 4.79 Å². The van der Waals surface area contributed by atoms with Gasteiger partial charge in [-0.1, -0.05) is 18.5 Å². The van der Waals surface area contributed by atoms with Crippen LogP contribution in [0.3, 0.4) is 0 Å². The Bertz CT molecular complexity index is 966. The lowest BCUT2D eigenvalue weighted by Gasteiger charge is -2.19. The van der Waals surface area contributed by atoms with Gasteiger partial charge in [0.25, 0.3) is 5.91 Å². The zero-order valence-corrected chi connectivity index (χ0v) is 20.5. The van der Waals surface area contributed by atoms with E-state index < -0.39 is 0 Å². The van der Waals surface area contributed by atoms with E-state index in [1.165, 1.54) is 25.1 Å². The predicted molar refractivity (Wildman–Crippen MR) is 128 cm³/mol. The van der Waals surface area contributed by atoms with Crippen molar-refractivity contribution in [3.63, 3.8) is 0 Å². The number of carbonyl (C=O) groups excluding carboxylic acids is 2. The third-order valence-corrected chi connectivity index (χ3v) is 4.76. The minimum Gasteiger partial charge on any atom is -0.493 e. The second kappa shape index (κ2) is 12.8. The number of methoxy groups -OCH3 is 1. The predicted octanol–water partition coefficient (Wildman–Crippen LogP) is 4.65. The van der Waals surface area contributed by atoms with Gasteiger partial charge in [-0.15, -0.1) is 0 Å². The van der Waals surface area contributed by atoms with Crippen LogP contribution in [0.4, 0.5) is 5.69 Å². The maximum atomic E-state index is 12.9. The highest BCUT2D eigenvalue weighted by atomic mass is 35.5. The number of hydrogen-bond donors (Lipinski definition) is 1. The average Bonchev–Trinajstić information content (AvgIpc) is 2.79. The molecule has 0 radical (unpaired) electrons. The summed E-state index contributed by atoms with van der Waals surface area (Å²) < 4.78 is 22.1. The van der Waals surface area contributed by atoms with Crippen molar-refractivity contribution in [3.8, 4) is 23.0 Å². The Hall–Kier alpha value is -3.13. The summed E-state index contributed by atoms with van der Waals surface area (Å²) in [5, 5.41) is 3.04. The van der Waals surface area contributed by atoms with Gasteiger partial charge in [-0.05, 0) is 44.5 Å². The highest BCUT2D eigenvalue weighted by Gasteiger charge is 2.20. The first kappa shape index (κ1) is 26.1. The van der Waals surface area contributed by atoms with E-state index in [0.717, 1.165) is 6.42 Å². The van der Waals surface area contributed by atoms with E-state index in [4.69, 9.17) is 30.5 Å². The average molecular weight is 479 g/mol. The normalized spacial score (nSPS) is 10.4. The molecule has 33 heavy (non-hydrogen) atoms. The van der Waals surface area contributed by atoms with Crippen molar-refractivity contribution in [1.82, 2.24) is 4.90 Å². The van der Waals surface area contributed by atoms with Gasteiger partial charge in [0.15, 0.2) is 23.0 Å². The fraction of sp³-hybridized carbons (Fsp3) is 0.417. The molecule has 2 rings (SSSR count). The second-order valence-corrected chi connectivity index (χ2v) is 7.48. The topological polar surface area (TPSA) is 86.3 Å². The molecule has 0 saturated heterocycles. The number of halogens is 1. The number of carbonyl (C=O) groups is 2. The van der Waals surface area contributed by atoms with E-state index in [1.54, 1.807) is 24.3 Å². The summed E-state index contributed by atoms with van der Waals surface area (Å²) >= 11 is 6.31. The number of nitrogens with one attached hydrogen (secondary N) is 1. The summed E-state index contributed by atoms with van der Waals surface area (Å²) in [6, 6.07) is 8.19. The molecule has 9 heteroatoms. The van der Waals surface area contributed by atoms with Gasteiger partial charge in [0, 0.05) is 24.4 Å². The van der Waals surface area contributed by atoms with Crippen molar-refractivity contribution < 1.29 is 28.5 Å². The number of benzene rings is 2. The molecule has 2 aromatic rings. The lowest BCUT2D eigenvalue weighted by molar-refractivity contribution is -0.116. The first-order valence-corrected chi connectivity index (χ1v) is 11.2. The smallest absolute Gasteiger partial charge is 0.254 e. The minimum absolute atomic E-state index is 0.163. The summed E-state index contributed by atoms with van der Waals surface area (Å²) in [7, 11) is 3.01. The molecule has 180 valence electrons. The van der Waals surface area contributed by atoms with Crippen LogP contribution in [0.25, 0.3) is 0 Å². The Morgan fingerprint density at radius 2 is 1.67 bits per heavy atom. The molecule has 2 aromatic carbocycles. The van der Waals surface area contributed by atoms with Crippen LogP contribution in [0.5, 0.6) is 23.0 Å². The summed E-state index contributed by atoms with van der Waals surface area (Å²) in [6.07, 6.45) is 0.804. The monoisotopic (exact) mass is 478 g/mol. The molecule has 0 saturated carbocycles. The van der Waals surface area contributed by atoms with Crippen LogP contribution in [0.2, 0.25) is 5.02 Å². The van der Waals surface area contributed by atoms with Gasteiger partial charge >= 0.3 is 0 Å². The Morgan fingerprint density at radius 3 is 2.30 bits per heavy atom. The highest BCUT2D eigenvalue weighted by molar-refractivity contribution is 6.32. The maximum absolute atomic E-state index is 12.9. The van der Waals surface area contributed by atoms with Crippen LogP contribution in [0, 0.1) is 0 Å². The molecule has 0 aromatic heterocycles. The van der Waals surface area contributed by atoms with Crippen LogP contribution >= 0.6 is 11.6 Å². The summed E-state index contributed by atoms with van der Waals surface area (Å²) in [6.45, 7) is 6.99. The van der Waals surface area contributed by atoms with E-state index >= 15 is 0 Å². The molecular formula is C24H31ClN2O6. The molecule has 0 fully saturated rings. The van der Waals surface area contributed by atoms with Crippen molar-refractivity contribution in [2.75, 3.05) is 45.8 Å². The molecular weight excluding hydrogens is 448 g/mol. The fourth-order valence-corrected chi connectivity index (χ4v) is 3.29. The lowest BCUT2D eigenvalue weighted by atomic mass is 10.1. The lowest BCUT2D eigenvalue weighted by Crippen LogP contribution is -2.35. The van der Waals surface area contributed by atoms with Crippen molar-refractivity contribution in [3.05, 3.63) is 40.9 Å². The van der Waals surface area contributed by atoms with Crippen molar-refractivity contribution in [2.45, 2.75) is 27.2 Å². The standard InChI is InChI=1S/C24H31ClN2O6/c1-6-11-33-23-18(25)12-16(13-21(23)30-5)24(29)27(4)15-22(28)26-17-9-10-19(31-7-2)20(14-17)32-8-3/h9-10,12-14H,6-8,11,15H2,1-5H3,(H,26,28). The van der Waals surface area contributed by atoms with Crippen LogP contribution in [-0.4, -0.2) is 57.2 Å². The van der Waals surface area contributed by atoms with E-state index in [9.17, 15) is 9.59 Å². The van der Waals surface area contributed by atoms with Crippen molar-refractivity contribution in [2.24, 2.45) is 0 Å². The molecule has 0 bridgehead atoms.